The van der Waals surface area contributed by atoms with Gasteiger partial charge in [0.15, 0.2) is 5.69 Å². The summed E-state index contributed by atoms with van der Waals surface area (Å²) in [4.78, 5) is 13.4. The molecule has 0 atom stereocenters. The van der Waals surface area contributed by atoms with E-state index in [1.807, 2.05) is 12.0 Å². The molecule has 2 heterocycles. The van der Waals surface area contributed by atoms with Crippen LogP contribution in [0, 0.1) is 0 Å². The minimum absolute atomic E-state index is 0.153. The van der Waals surface area contributed by atoms with Gasteiger partial charge in [-0.05, 0) is 22.9 Å². The molecule has 0 radical (unpaired) electrons. The zero-order valence-electron chi connectivity index (χ0n) is 11.8. The molecule has 0 saturated heterocycles. The number of aromatic nitrogens is 4. The number of carbonyl (C=O) groups excluding carboxylic acids is 1. The molecular formula is C12H13BrF3N5O. The van der Waals surface area contributed by atoms with E-state index in [0.717, 1.165) is 4.47 Å². The SMILES string of the molecule is CCn1cc(Br)c(CN(C)C(=O)c2cc(C(F)(F)F)[nH]n2)n1. The van der Waals surface area contributed by atoms with Gasteiger partial charge in [-0.15, -0.1) is 0 Å². The average molecular weight is 380 g/mol. The lowest BCUT2D eigenvalue weighted by Gasteiger charge is -2.14. The van der Waals surface area contributed by atoms with E-state index in [-0.39, 0.29) is 12.2 Å². The largest absolute Gasteiger partial charge is 0.432 e. The maximum atomic E-state index is 12.5. The van der Waals surface area contributed by atoms with Crippen molar-refractivity contribution in [1.29, 1.82) is 0 Å². The van der Waals surface area contributed by atoms with Crippen LogP contribution in [0.5, 0.6) is 0 Å². The van der Waals surface area contributed by atoms with Gasteiger partial charge in [-0.3, -0.25) is 14.6 Å². The molecule has 1 N–H and O–H groups in total. The number of aryl methyl sites for hydroxylation is 1. The van der Waals surface area contributed by atoms with E-state index in [0.29, 0.717) is 18.3 Å². The molecule has 2 aromatic heterocycles. The number of nitrogens with one attached hydrogen (secondary N) is 1. The summed E-state index contributed by atoms with van der Waals surface area (Å²) in [5, 5.41) is 9.49. The highest BCUT2D eigenvalue weighted by Crippen LogP contribution is 2.28. The minimum Gasteiger partial charge on any atom is -0.334 e. The Balaban J connectivity index is 2.12. The van der Waals surface area contributed by atoms with Crippen LogP contribution < -0.4 is 0 Å². The maximum Gasteiger partial charge on any atom is 0.432 e. The summed E-state index contributed by atoms with van der Waals surface area (Å²) in [6, 6.07) is 0.693. The van der Waals surface area contributed by atoms with Gasteiger partial charge < -0.3 is 4.90 Å². The molecule has 1 amide bonds. The van der Waals surface area contributed by atoms with E-state index in [2.05, 4.69) is 26.1 Å². The lowest BCUT2D eigenvalue weighted by atomic mass is 10.3. The fourth-order valence-electron chi connectivity index (χ4n) is 1.77. The third-order valence-corrected chi connectivity index (χ3v) is 3.61. The van der Waals surface area contributed by atoms with Crippen LogP contribution >= 0.6 is 15.9 Å². The summed E-state index contributed by atoms with van der Waals surface area (Å²) >= 11 is 3.33. The van der Waals surface area contributed by atoms with Crippen molar-refractivity contribution in [2.45, 2.75) is 26.2 Å². The van der Waals surface area contributed by atoms with Crippen LogP contribution in [0.3, 0.4) is 0 Å². The van der Waals surface area contributed by atoms with Gasteiger partial charge in [-0.2, -0.15) is 23.4 Å². The molecule has 10 heteroatoms. The Morgan fingerprint density at radius 1 is 1.50 bits per heavy atom. The van der Waals surface area contributed by atoms with Crippen molar-refractivity contribution in [3.8, 4) is 0 Å². The Hall–Kier alpha value is -1.84. The van der Waals surface area contributed by atoms with Crippen molar-refractivity contribution >= 4 is 21.8 Å². The van der Waals surface area contributed by atoms with Crippen LogP contribution in [0.25, 0.3) is 0 Å². The number of H-pyrrole nitrogens is 1. The number of amides is 1. The molecule has 0 aliphatic rings. The van der Waals surface area contributed by atoms with Gasteiger partial charge in [0.25, 0.3) is 5.91 Å². The number of nitrogens with zero attached hydrogens (tertiary/aromatic N) is 4. The highest BCUT2D eigenvalue weighted by molar-refractivity contribution is 9.10. The van der Waals surface area contributed by atoms with Crippen LogP contribution in [0.4, 0.5) is 13.2 Å². The molecule has 0 aromatic carbocycles. The monoisotopic (exact) mass is 379 g/mol. The molecule has 2 rings (SSSR count). The Morgan fingerprint density at radius 2 is 2.18 bits per heavy atom. The number of alkyl halides is 3. The summed E-state index contributed by atoms with van der Waals surface area (Å²) in [5.41, 5.74) is -0.731. The number of aromatic amines is 1. The first-order chi connectivity index (χ1) is 10.2. The third-order valence-electron chi connectivity index (χ3n) is 2.95. The van der Waals surface area contributed by atoms with E-state index < -0.39 is 17.8 Å². The second kappa shape index (κ2) is 6.11. The van der Waals surface area contributed by atoms with Gasteiger partial charge in [0.05, 0.1) is 16.7 Å². The smallest absolute Gasteiger partial charge is 0.334 e. The van der Waals surface area contributed by atoms with Crippen molar-refractivity contribution in [3.05, 3.63) is 33.8 Å². The number of carbonyl (C=O) groups is 1. The summed E-state index contributed by atoms with van der Waals surface area (Å²) in [7, 11) is 1.47. The molecule has 0 aliphatic carbocycles. The summed E-state index contributed by atoms with van der Waals surface area (Å²) in [5.74, 6) is -0.621. The first-order valence-corrected chi connectivity index (χ1v) is 7.11. The Morgan fingerprint density at radius 3 is 2.68 bits per heavy atom. The number of rotatable bonds is 4. The summed E-state index contributed by atoms with van der Waals surface area (Å²) < 4.78 is 39.9. The van der Waals surface area contributed by atoms with Crippen molar-refractivity contribution in [1.82, 2.24) is 24.9 Å². The molecular weight excluding hydrogens is 367 g/mol. The predicted molar refractivity (Wildman–Crippen MR) is 75.0 cm³/mol. The number of halogens is 4. The van der Waals surface area contributed by atoms with Gasteiger partial charge >= 0.3 is 6.18 Å². The first kappa shape index (κ1) is 16.5. The van der Waals surface area contributed by atoms with E-state index in [4.69, 9.17) is 0 Å². The van der Waals surface area contributed by atoms with Crippen LogP contribution in [0.1, 0.15) is 28.8 Å². The summed E-state index contributed by atoms with van der Waals surface area (Å²) in [6.07, 6.45) is -2.79. The zero-order chi connectivity index (χ0) is 16.5. The van der Waals surface area contributed by atoms with Crippen LogP contribution in [0.15, 0.2) is 16.7 Å². The van der Waals surface area contributed by atoms with Gasteiger partial charge in [-0.25, -0.2) is 0 Å². The molecule has 0 unspecified atom stereocenters. The van der Waals surface area contributed by atoms with Gasteiger partial charge in [-0.1, -0.05) is 0 Å². The highest BCUT2D eigenvalue weighted by Gasteiger charge is 2.34. The molecule has 0 spiro atoms. The van der Waals surface area contributed by atoms with Crippen LogP contribution in [0.2, 0.25) is 0 Å². The molecule has 2 aromatic rings. The molecule has 0 saturated carbocycles. The number of hydrogen-bond donors (Lipinski definition) is 1. The molecule has 22 heavy (non-hydrogen) atoms. The standard InChI is InChI=1S/C12H13BrF3N5O/c1-3-21-5-7(13)9(19-21)6-20(2)11(22)8-4-10(18-17-8)12(14,15)16/h4-5H,3,6H2,1-2H3,(H,17,18). The fourth-order valence-corrected chi connectivity index (χ4v) is 2.22. The topological polar surface area (TPSA) is 66.8 Å². The van der Waals surface area contributed by atoms with E-state index in [1.54, 1.807) is 10.9 Å². The molecule has 6 nitrogen and oxygen atoms in total. The van der Waals surface area contributed by atoms with Crippen LogP contribution in [-0.4, -0.2) is 37.8 Å². The van der Waals surface area contributed by atoms with Gasteiger partial charge in [0, 0.05) is 25.9 Å². The molecule has 0 fully saturated rings. The van der Waals surface area contributed by atoms with Crippen LogP contribution in [-0.2, 0) is 19.3 Å². The van der Waals surface area contributed by atoms with Gasteiger partial charge in [0.2, 0.25) is 0 Å². The summed E-state index contributed by atoms with van der Waals surface area (Å²) in [6.45, 7) is 2.74. The Bertz CT molecular complexity index is 679. The second-order valence-corrected chi connectivity index (χ2v) is 5.46. The highest BCUT2D eigenvalue weighted by atomic mass is 79.9. The molecule has 0 bridgehead atoms. The van der Waals surface area contributed by atoms with Crippen molar-refractivity contribution in [2.24, 2.45) is 0 Å². The number of hydrogen-bond acceptors (Lipinski definition) is 3. The van der Waals surface area contributed by atoms with Crippen molar-refractivity contribution in [3.63, 3.8) is 0 Å². The molecule has 120 valence electrons. The van der Waals surface area contributed by atoms with E-state index in [1.165, 1.54) is 11.9 Å². The third kappa shape index (κ3) is 3.49. The lowest BCUT2D eigenvalue weighted by Crippen LogP contribution is -2.27. The first-order valence-electron chi connectivity index (χ1n) is 6.32. The Labute approximate surface area is 132 Å². The maximum absolute atomic E-state index is 12.5. The normalized spacial score (nSPS) is 11.7. The fraction of sp³-hybridized carbons (Fsp3) is 0.417. The average Bonchev–Trinajstić information content (AvgIpc) is 3.05. The van der Waals surface area contributed by atoms with E-state index in [9.17, 15) is 18.0 Å². The van der Waals surface area contributed by atoms with E-state index >= 15 is 0 Å². The Kier molecular flexibility index (Phi) is 4.59. The quantitative estimate of drug-likeness (QED) is 0.887. The lowest BCUT2D eigenvalue weighted by molar-refractivity contribution is -0.141. The predicted octanol–water partition coefficient (Wildman–Crippen LogP) is 2.68. The van der Waals surface area contributed by atoms with Crippen molar-refractivity contribution < 1.29 is 18.0 Å². The second-order valence-electron chi connectivity index (χ2n) is 4.61. The van der Waals surface area contributed by atoms with Gasteiger partial charge in [0.1, 0.15) is 5.69 Å². The minimum atomic E-state index is -4.56. The molecule has 0 aliphatic heterocycles. The zero-order valence-corrected chi connectivity index (χ0v) is 13.4. The van der Waals surface area contributed by atoms with Crippen molar-refractivity contribution in [2.75, 3.05) is 7.05 Å².